The molecule has 0 N–H and O–H groups in total. The standard InChI is InChI=1S/C15H17NO2S2/c1-4-18-14-6-5-12(11(3)17)7-13(14)9-20-15-16-10(2)8-19-15/h5-8H,4,9H2,1-3H3. The number of carbonyl (C=O) groups excluding carboxylic acids is 1. The Balaban J connectivity index is 2.18. The van der Waals surface area contributed by atoms with Gasteiger partial charge in [0.15, 0.2) is 5.78 Å². The number of Topliss-reactive ketones (excluding diaryl/α,β-unsaturated/α-hetero) is 1. The Morgan fingerprint density at radius 1 is 1.45 bits per heavy atom. The largest absolute Gasteiger partial charge is 0.494 e. The highest BCUT2D eigenvalue weighted by atomic mass is 32.2. The number of benzene rings is 1. The molecule has 3 nitrogen and oxygen atoms in total. The van der Waals surface area contributed by atoms with Gasteiger partial charge in [0.25, 0.3) is 0 Å². The number of rotatable bonds is 6. The van der Waals surface area contributed by atoms with Crippen molar-refractivity contribution in [2.75, 3.05) is 6.61 Å². The van der Waals surface area contributed by atoms with E-state index >= 15 is 0 Å². The molecule has 0 aliphatic heterocycles. The number of ketones is 1. The van der Waals surface area contributed by atoms with Crippen LogP contribution in [0.3, 0.4) is 0 Å². The summed E-state index contributed by atoms with van der Waals surface area (Å²) in [5.74, 6) is 1.67. The van der Waals surface area contributed by atoms with E-state index in [1.807, 2.05) is 37.4 Å². The Kier molecular flexibility index (Phi) is 5.20. The third-order valence-electron chi connectivity index (χ3n) is 2.72. The summed E-state index contributed by atoms with van der Waals surface area (Å²) in [5, 5.41) is 2.04. The number of hydrogen-bond donors (Lipinski definition) is 0. The SMILES string of the molecule is CCOc1ccc(C(C)=O)cc1CSc1nc(C)cs1. The lowest BCUT2D eigenvalue weighted by atomic mass is 10.1. The molecule has 2 rings (SSSR count). The third kappa shape index (κ3) is 3.84. The van der Waals surface area contributed by atoms with E-state index in [1.165, 1.54) is 0 Å². The molecule has 0 amide bonds. The fourth-order valence-corrected chi connectivity index (χ4v) is 3.57. The van der Waals surface area contributed by atoms with Gasteiger partial charge in [-0.25, -0.2) is 4.98 Å². The van der Waals surface area contributed by atoms with Gasteiger partial charge in [-0.2, -0.15) is 0 Å². The fourth-order valence-electron chi connectivity index (χ4n) is 1.75. The van der Waals surface area contributed by atoms with Crippen molar-refractivity contribution in [1.82, 2.24) is 4.98 Å². The molecule has 1 aromatic heterocycles. The Bertz CT molecular complexity index is 608. The number of aromatic nitrogens is 1. The van der Waals surface area contributed by atoms with Crippen molar-refractivity contribution < 1.29 is 9.53 Å². The zero-order valence-electron chi connectivity index (χ0n) is 11.8. The highest BCUT2D eigenvalue weighted by Gasteiger charge is 2.09. The molecule has 20 heavy (non-hydrogen) atoms. The lowest BCUT2D eigenvalue weighted by Gasteiger charge is -2.10. The second-order valence-electron chi connectivity index (χ2n) is 4.36. The molecule has 0 saturated carbocycles. The first-order valence-corrected chi connectivity index (χ1v) is 8.28. The van der Waals surface area contributed by atoms with Crippen LogP contribution in [0.1, 0.15) is 35.5 Å². The molecular weight excluding hydrogens is 290 g/mol. The molecule has 0 spiro atoms. The van der Waals surface area contributed by atoms with Gasteiger partial charge in [-0.05, 0) is 39.0 Å². The number of thioether (sulfide) groups is 1. The summed E-state index contributed by atoms with van der Waals surface area (Å²) >= 11 is 3.31. The van der Waals surface area contributed by atoms with Crippen LogP contribution in [0.5, 0.6) is 5.75 Å². The average molecular weight is 307 g/mol. The van der Waals surface area contributed by atoms with E-state index in [-0.39, 0.29) is 5.78 Å². The number of nitrogens with zero attached hydrogens (tertiary/aromatic N) is 1. The summed E-state index contributed by atoms with van der Waals surface area (Å²) in [4.78, 5) is 15.9. The lowest BCUT2D eigenvalue weighted by molar-refractivity contribution is 0.101. The predicted molar refractivity (Wildman–Crippen MR) is 84.0 cm³/mol. The van der Waals surface area contributed by atoms with Gasteiger partial charge >= 0.3 is 0 Å². The molecule has 0 unspecified atom stereocenters. The van der Waals surface area contributed by atoms with Gasteiger partial charge in [0.1, 0.15) is 10.1 Å². The predicted octanol–water partition coefficient (Wildman–Crippen LogP) is 4.35. The summed E-state index contributed by atoms with van der Waals surface area (Å²) in [7, 11) is 0. The Morgan fingerprint density at radius 2 is 2.25 bits per heavy atom. The zero-order valence-corrected chi connectivity index (χ0v) is 13.4. The second kappa shape index (κ2) is 6.90. The van der Waals surface area contributed by atoms with Crippen LogP contribution in [0, 0.1) is 6.92 Å². The van der Waals surface area contributed by atoms with Crippen molar-refractivity contribution in [2.24, 2.45) is 0 Å². The molecule has 5 heteroatoms. The summed E-state index contributed by atoms with van der Waals surface area (Å²) in [6.07, 6.45) is 0. The first kappa shape index (κ1) is 15.1. The van der Waals surface area contributed by atoms with E-state index in [2.05, 4.69) is 4.98 Å². The highest BCUT2D eigenvalue weighted by molar-refractivity contribution is 8.00. The summed E-state index contributed by atoms with van der Waals surface area (Å²) < 4.78 is 6.66. The topological polar surface area (TPSA) is 39.2 Å². The second-order valence-corrected chi connectivity index (χ2v) is 6.44. The molecule has 1 aromatic carbocycles. The third-order valence-corrected chi connectivity index (χ3v) is 4.90. The van der Waals surface area contributed by atoms with E-state index in [0.29, 0.717) is 6.61 Å². The normalized spacial score (nSPS) is 10.6. The summed E-state index contributed by atoms with van der Waals surface area (Å²) in [5.41, 5.74) is 2.80. The van der Waals surface area contributed by atoms with E-state index < -0.39 is 0 Å². The number of aryl methyl sites for hydroxylation is 1. The van der Waals surface area contributed by atoms with Gasteiger partial charge in [0.05, 0.1) is 6.61 Å². The van der Waals surface area contributed by atoms with Crippen molar-refractivity contribution in [3.63, 3.8) is 0 Å². The first-order valence-electron chi connectivity index (χ1n) is 6.41. The van der Waals surface area contributed by atoms with Crippen LogP contribution in [0.25, 0.3) is 0 Å². The lowest BCUT2D eigenvalue weighted by Crippen LogP contribution is -1.99. The van der Waals surface area contributed by atoms with Crippen LogP contribution in [0.2, 0.25) is 0 Å². The molecule has 0 aliphatic carbocycles. The molecule has 106 valence electrons. The Hall–Kier alpha value is -1.33. The highest BCUT2D eigenvalue weighted by Crippen LogP contribution is 2.30. The minimum Gasteiger partial charge on any atom is -0.494 e. The van der Waals surface area contributed by atoms with Gasteiger partial charge < -0.3 is 4.74 Å². The molecular formula is C15H17NO2S2. The molecule has 0 fully saturated rings. The minimum atomic E-state index is 0.0735. The van der Waals surface area contributed by atoms with E-state index in [0.717, 1.165) is 32.7 Å². The van der Waals surface area contributed by atoms with Gasteiger partial charge in [-0.15, -0.1) is 11.3 Å². The maximum absolute atomic E-state index is 11.5. The maximum Gasteiger partial charge on any atom is 0.159 e. The van der Waals surface area contributed by atoms with Crippen molar-refractivity contribution in [2.45, 2.75) is 30.9 Å². The van der Waals surface area contributed by atoms with E-state index in [1.54, 1.807) is 30.0 Å². The molecule has 0 atom stereocenters. The zero-order chi connectivity index (χ0) is 14.5. The van der Waals surface area contributed by atoms with Crippen LogP contribution in [0.4, 0.5) is 0 Å². The molecule has 0 radical (unpaired) electrons. The van der Waals surface area contributed by atoms with Crippen LogP contribution >= 0.6 is 23.1 Å². The van der Waals surface area contributed by atoms with E-state index in [4.69, 9.17) is 4.74 Å². The molecule has 0 bridgehead atoms. The maximum atomic E-state index is 11.5. The molecule has 1 heterocycles. The molecule has 0 aliphatic rings. The molecule has 2 aromatic rings. The van der Waals surface area contributed by atoms with Crippen LogP contribution in [-0.4, -0.2) is 17.4 Å². The van der Waals surface area contributed by atoms with Crippen molar-refractivity contribution >= 4 is 28.9 Å². The Labute approximate surface area is 127 Å². The van der Waals surface area contributed by atoms with Crippen molar-refractivity contribution in [1.29, 1.82) is 0 Å². The molecule has 0 saturated heterocycles. The first-order chi connectivity index (χ1) is 9.60. The number of ether oxygens (including phenoxy) is 1. The van der Waals surface area contributed by atoms with Crippen molar-refractivity contribution in [3.05, 3.63) is 40.4 Å². The van der Waals surface area contributed by atoms with Crippen LogP contribution in [-0.2, 0) is 5.75 Å². The summed E-state index contributed by atoms with van der Waals surface area (Å²) in [6, 6.07) is 5.61. The average Bonchev–Trinajstić information content (AvgIpc) is 2.83. The van der Waals surface area contributed by atoms with Gasteiger partial charge in [0, 0.05) is 28.0 Å². The van der Waals surface area contributed by atoms with E-state index in [9.17, 15) is 4.79 Å². The summed E-state index contributed by atoms with van der Waals surface area (Å²) in [6.45, 7) is 6.15. The van der Waals surface area contributed by atoms with Crippen LogP contribution < -0.4 is 4.74 Å². The van der Waals surface area contributed by atoms with Crippen LogP contribution in [0.15, 0.2) is 27.9 Å². The number of carbonyl (C=O) groups is 1. The smallest absolute Gasteiger partial charge is 0.159 e. The minimum absolute atomic E-state index is 0.0735. The van der Waals surface area contributed by atoms with Gasteiger partial charge in [0.2, 0.25) is 0 Å². The van der Waals surface area contributed by atoms with Gasteiger partial charge in [-0.1, -0.05) is 11.8 Å². The van der Waals surface area contributed by atoms with Crippen molar-refractivity contribution in [3.8, 4) is 5.75 Å². The monoisotopic (exact) mass is 307 g/mol. The van der Waals surface area contributed by atoms with Gasteiger partial charge in [-0.3, -0.25) is 4.79 Å². The Morgan fingerprint density at radius 3 is 2.85 bits per heavy atom. The quantitative estimate of drug-likeness (QED) is 0.587. The number of thiazole rings is 1. The fraction of sp³-hybridized carbons (Fsp3) is 0.333. The number of hydrogen-bond acceptors (Lipinski definition) is 5.